The first-order chi connectivity index (χ1) is 10.6. The second-order valence-corrected chi connectivity index (χ2v) is 4.94. The monoisotopic (exact) mass is 305 g/mol. The fourth-order valence-electron chi connectivity index (χ4n) is 2.35. The Morgan fingerprint density at radius 2 is 2.00 bits per heavy atom. The van der Waals surface area contributed by atoms with Crippen LogP contribution in [-0.4, -0.2) is 49.0 Å². The van der Waals surface area contributed by atoms with Crippen LogP contribution in [0, 0.1) is 0 Å². The Labute approximate surface area is 128 Å². The Kier molecular flexibility index (Phi) is 5.35. The van der Waals surface area contributed by atoms with E-state index in [4.69, 9.17) is 0 Å². The van der Waals surface area contributed by atoms with Crippen LogP contribution in [0.1, 0.15) is 12.8 Å². The molecule has 0 aromatic heterocycles. The first-order valence-corrected chi connectivity index (χ1v) is 7.09. The van der Waals surface area contributed by atoms with E-state index >= 15 is 0 Å². The average Bonchev–Trinajstić information content (AvgIpc) is 3.03. The number of hydrogen-bond donors (Lipinski definition) is 2. The lowest BCUT2D eigenvalue weighted by Gasteiger charge is -2.24. The molecular weight excluding hydrogens is 286 g/mol. The lowest BCUT2D eigenvalue weighted by molar-refractivity contribution is -0.141. The van der Waals surface area contributed by atoms with Gasteiger partial charge in [0.2, 0.25) is 5.91 Å². The maximum Gasteiger partial charge on any atom is 0.325 e. The van der Waals surface area contributed by atoms with E-state index in [1.807, 2.05) is 18.2 Å². The number of anilines is 1. The van der Waals surface area contributed by atoms with E-state index in [1.54, 1.807) is 12.1 Å². The van der Waals surface area contributed by atoms with Crippen LogP contribution < -0.4 is 10.6 Å². The molecule has 0 saturated carbocycles. The third-order valence-electron chi connectivity index (χ3n) is 3.48. The van der Waals surface area contributed by atoms with Gasteiger partial charge in [-0.2, -0.15) is 0 Å². The molecule has 0 radical (unpaired) electrons. The molecule has 118 valence electrons. The molecule has 7 nitrogen and oxygen atoms in total. The molecule has 1 aliphatic rings. The van der Waals surface area contributed by atoms with Crippen LogP contribution >= 0.6 is 0 Å². The molecule has 7 heteroatoms. The number of methoxy groups -OCH3 is 1. The molecule has 0 bridgehead atoms. The number of hydrogen-bond acceptors (Lipinski definition) is 4. The molecule has 1 aliphatic heterocycles. The Hall–Kier alpha value is -2.57. The number of nitrogens with zero attached hydrogens (tertiary/aromatic N) is 1. The van der Waals surface area contributed by atoms with Gasteiger partial charge >= 0.3 is 12.0 Å². The number of carbonyl (C=O) groups excluding carboxylic acids is 3. The highest BCUT2D eigenvalue weighted by Gasteiger charge is 2.34. The van der Waals surface area contributed by atoms with Crippen molar-refractivity contribution < 1.29 is 19.1 Å². The van der Waals surface area contributed by atoms with Crippen LogP contribution in [0.4, 0.5) is 10.5 Å². The van der Waals surface area contributed by atoms with Gasteiger partial charge in [-0.3, -0.25) is 9.59 Å². The Balaban J connectivity index is 1.93. The van der Waals surface area contributed by atoms with Gasteiger partial charge in [-0.25, -0.2) is 4.79 Å². The minimum Gasteiger partial charge on any atom is -0.468 e. The predicted molar refractivity (Wildman–Crippen MR) is 80.2 cm³/mol. The first kappa shape index (κ1) is 15.8. The molecule has 0 spiro atoms. The highest BCUT2D eigenvalue weighted by atomic mass is 16.5. The highest BCUT2D eigenvalue weighted by molar-refractivity contribution is 5.94. The average molecular weight is 305 g/mol. The largest absolute Gasteiger partial charge is 0.468 e. The van der Waals surface area contributed by atoms with Crippen molar-refractivity contribution in [1.29, 1.82) is 0 Å². The van der Waals surface area contributed by atoms with E-state index in [9.17, 15) is 14.4 Å². The third kappa shape index (κ3) is 3.97. The van der Waals surface area contributed by atoms with Crippen LogP contribution in [0.5, 0.6) is 0 Å². The van der Waals surface area contributed by atoms with Crippen molar-refractivity contribution in [3.63, 3.8) is 0 Å². The first-order valence-electron chi connectivity index (χ1n) is 7.09. The third-order valence-corrected chi connectivity index (χ3v) is 3.48. The fraction of sp³-hybridized carbons (Fsp3) is 0.400. The molecule has 2 rings (SSSR count). The number of carbonyl (C=O) groups is 3. The molecule has 1 atom stereocenters. The molecule has 1 fully saturated rings. The summed E-state index contributed by atoms with van der Waals surface area (Å²) in [6.07, 6.45) is 1.33. The molecule has 0 aliphatic carbocycles. The van der Waals surface area contributed by atoms with Crippen molar-refractivity contribution in [3.8, 4) is 0 Å². The van der Waals surface area contributed by atoms with E-state index in [0.29, 0.717) is 18.7 Å². The molecular formula is C15H19N3O4. The Morgan fingerprint density at radius 3 is 2.68 bits per heavy atom. The second-order valence-electron chi connectivity index (χ2n) is 4.94. The van der Waals surface area contributed by atoms with E-state index < -0.39 is 12.0 Å². The van der Waals surface area contributed by atoms with Crippen molar-refractivity contribution >= 4 is 23.6 Å². The molecule has 1 saturated heterocycles. The van der Waals surface area contributed by atoms with Gasteiger partial charge in [0, 0.05) is 12.2 Å². The number of urea groups is 1. The van der Waals surface area contributed by atoms with Gasteiger partial charge in [0.25, 0.3) is 0 Å². The molecule has 2 N–H and O–H groups in total. The van der Waals surface area contributed by atoms with E-state index in [1.165, 1.54) is 12.0 Å². The van der Waals surface area contributed by atoms with E-state index in [0.717, 1.165) is 6.42 Å². The van der Waals surface area contributed by atoms with Crippen molar-refractivity contribution in [2.45, 2.75) is 18.9 Å². The fourth-order valence-corrected chi connectivity index (χ4v) is 2.35. The number of amides is 3. The second kappa shape index (κ2) is 7.44. The Morgan fingerprint density at radius 1 is 1.27 bits per heavy atom. The zero-order valence-electron chi connectivity index (χ0n) is 12.4. The summed E-state index contributed by atoms with van der Waals surface area (Å²) in [5.74, 6) is -0.863. The van der Waals surface area contributed by atoms with Crippen molar-refractivity contribution in [2.24, 2.45) is 0 Å². The molecule has 1 heterocycles. The van der Waals surface area contributed by atoms with Crippen molar-refractivity contribution in [2.75, 3.05) is 25.5 Å². The zero-order chi connectivity index (χ0) is 15.9. The molecule has 1 aromatic carbocycles. The minimum atomic E-state index is -0.562. The van der Waals surface area contributed by atoms with Crippen LogP contribution in [-0.2, 0) is 14.3 Å². The normalized spacial score (nSPS) is 17.0. The highest BCUT2D eigenvalue weighted by Crippen LogP contribution is 2.19. The minimum absolute atomic E-state index is 0.194. The summed E-state index contributed by atoms with van der Waals surface area (Å²) in [6.45, 7) is 0.314. The number of rotatable bonds is 4. The quantitative estimate of drug-likeness (QED) is 0.812. The molecule has 22 heavy (non-hydrogen) atoms. The number of likely N-dealkylation sites (tertiary alicyclic amines) is 1. The smallest absolute Gasteiger partial charge is 0.325 e. The summed E-state index contributed by atoms with van der Waals surface area (Å²) in [5.41, 5.74) is 0.674. The van der Waals surface area contributed by atoms with Crippen molar-refractivity contribution in [1.82, 2.24) is 10.2 Å². The van der Waals surface area contributed by atoms with Gasteiger partial charge in [-0.15, -0.1) is 0 Å². The number of esters is 1. The summed E-state index contributed by atoms with van der Waals surface area (Å²) in [6, 6.07) is 8.17. The van der Waals surface area contributed by atoms with Crippen molar-refractivity contribution in [3.05, 3.63) is 30.3 Å². The summed E-state index contributed by atoms with van der Waals surface area (Å²) >= 11 is 0. The summed E-state index contributed by atoms with van der Waals surface area (Å²) < 4.78 is 4.47. The van der Waals surface area contributed by atoms with Crippen LogP contribution in [0.2, 0.25) is 0 Å². The maximum atomic E-state index is 12.3. The van der Waals surface area contributed by atoms with E-state index in [-0.39, 0.29) is 18.5 Å². The lowest BCUT2D eigenvalue weighted by atomic mass is 10.2. The van der Waals surface area contributed by atoms with Crippen LogP contribution in [0.15, 0.2) is 30.3 Å². The summed E-state index contributed by atoms with van der Waals surface area (Å²) in [5, 5.41) is 5.25. The van der Waals surface area contributed by atoms with E-state index in [2.05, 4.69) is 15.4 Å². The molecule has 1 aromatic rings. The van der Waals surface area contributed by atoms with Gasteiger partial charge in [0.1, 0.15) is 12.6 Å². The predicted octanol–water partition coefficient (Wildman–Crippen LogP) is 0.972. The summed E-state index contributed by atoms with van der Waals surface area (Å²) in [4.78, 5) is 36.9. The van der Waals surface area contributed by atoms with Gasteiger partial charge in [-0.1, -0.05) is 18.2 Å². The number of nitrogens with one attached hydrogen (secondary N) is 2. The number of ether oxygens (including phenoxy) is 1. The molecule has 0 unspecified atom stereocenters. The van der Waals surface area contributed by atoms with Crippen LogP contribution in [0.25, 0.3) is 0 Å². The van der Waals surface area contributed by atoms with Gasteiger partial charge < -0.3 is 20.3 Å². The van der Waals surface area contributed by atoms with Crippen LogP contribution in [0.3, 0.4) is 0 Å². The lowest BCUT2D eigenvalue weighted by Crippen LogP contribution is -2.48. The standard InChI is InChI=1S/C15H19N3O4/c1-22-13(19)10-16-14(20)12-8-5-9-18(12)15(21)17-11-6-3-2-4-7-11/h2-4,6-7,12H,5,8-10H2,1H3,(H,16,20)(H,17,21)/t12-/m0/s1. The zero-order valence-corrected chi connectivity index (χ0v) is 12.4. The molecule has 3 amide bonds. The topological polar surface area (TPSA) is 87.7 Å². The van der Waals surface area contributed by atoms with Gasteiger partial charge in [-0.05, 0) is 25.0 Å². The summed E-state index contributed by atoms with van der Waals surface area (Å²) in [7, 11) is 1.25. The van der Waals surface area contributed by atoms with Gasteiger partial charge in [0.05, 0.1) is 7.11 Å². The number of para-hydroxylation sites is 1. The van der Waals surface area contributed by atoms with Gasteiger partial charge in [0.15, 0.2) is 0 Å². The Bertz CT molecular complexity index is 547. The SMILES string of the molecule is COC(=O)CNC(=O)[C@@H]1CCCN1C(=O)Nc1ccccc1. The number of benzene rings is 1. The maximum absolute atomic E-state index is 12.3.